The van der Waals surface area contributed by atoms with Crippen LogP contribution in [0.15, 0.2) is 11.8 Å². The van der Waals surface area contributed by atoms with Crippen LogP contribution < -0.4 is 0 Å². The molecule has 3 heteroatoms. The Bertz CT molecular complexity index is 295. The first-order valence-electron chi connectivity index (χ1n) is 6.78. The van der Waals surface area contributed by atoms with Gasteiger partial charge in [-0.15, -0.1) is 0 Å². The number of Topliss-reactive ketones (excluding diaryl/α,β-unsaturated/α-hetero) is 1. The van der Waals surface area contributed by atoms with Gasteiger partial charge >= 0.3 is 0 Å². The lowest BCUT2D eigenvalue weighted by Crippen LogP contribution is -2.44. The van der Waals surface area contributed by atoms with Crippen LogP contribution >= 0.6 is 0 Å². The van der Waals surface area contributed by atoms with Gasteiger partial charge in [-0.2, -0.15) is 0 Å². The van der Waals surface area contributed by atoms with E-state index in [0.29, 0.717) is 6.61 Å². The molecule has 17 heavy (non-hydrogen) atoms. The Labute approximate surface area is 103 Å². The predicted octanol–water partition coefficient (Wildman–Crippen LogP) is 2.99. The molecule has 2 rings (SSSR count). The first kappa shape index (κ1) is 12.6. The van der Waals surface area contributed by atoms with Crippen LogP contribution in [-0.2, 0) is 14.3 Å². The van der Waals surface area contributed by atoms with Crippen LogP contribution in [0, 0.1) is 0 Å². The van der Waals surface area contributed by atoms with Gasteiger partial charge in [-0.25, -0.2) is 0 Å². The summed E-state index contributed by atoms with van der Waals surface area (Å²) < 4.78 is 11.1. The van der Waals surface area contributed by atoms with Crippen molar-refractivity contribution in [2.45, 2.75) is 57.5 Å². The number of rotatable bonds is 4. The average Bonchev–Trinajstić information content (AvgIpc) is 2.40. The third kappa shape index (κ3) is 2.71. The zero-order chi connectivity index (χ0) is 12.1. The monoisotopic (exact) mass is 238 g/mol. The summed E-state index contributed by atoms with van der Waals surface area (Å²) in [5, 5.41) is 0. The zero-order valence-electron chi connectivity index (χ0n) is 10.7. The normalized spacial score (nSPS) is 23.7. The molecule has 0 unspecified atom stereocenters. The third-order valence-electron chi connectivity index (χ3n) is 3.72. The van der Waals surface area contributed by atoms with Crippen LogP contribution in [0.5, 0.6) is 0 Å². The van der Waals surface area contributed by atoms with E-state index in [0.717, 1.165) is 50.7 Å². The Morgan fingerprint density at radius 2 is 2.12 bits per heavy atom. The quantitative estimate of drug-likeness (QED) is 0.755. The molecule has 0 aromatic heterocycles. The number of hydrogen-bond acceptors (Lipinski definition) is 3. The van der Waals surface area contributed by atoms with Crippen molar-refractivity contribution in [3.05, 3.63) is 11.8 Å². The molecule has 1 heterocycles. The molecular formula is C14H22O3. The summed E-state index contributed by atoms with van der Waals surface area (Å²) in [5.74, 6) is 0.179. The van der Waals surface area contributed by atoms with Gasteiger partial charge in [-0.1, -0.05) is 19.3 Å². The fraction of sp³-hybridized carbons (Fsp3) is 0.786. The highest BCUT2D eigenvalue weighted by Crippen LogP contribution is 2.35. The van der Waals surface area contributed by atoms with E-state index >= 15 is 0 Å². The fourth-order valence-corrected chi connectivity index (χ4v) is 2.86. The van der Waals surface area contributed by atoms with Gasteiger partial charge in [0, 0.05) is 12.2 Å². The maximum Gasteiger partial charge on any atom is 0.193 e. The maximum atomic E-state index is 12.6. The zero-order valence-corrected chi connectivity index (χ0v) is 10.7. The molecule has 1 aliphatic carbocycles. The molecule has 1 aliphatic heterocycles. The van der Waals surface area contributed by atoms with Gasteiger partial charge in [0.05, 0.1) is 12.9 Å². The van der Waals surface area contributed by atoms with Crippen molar-refractivity contribution in [1.29, 1.82) is 0 Å². The summed E-state index contributed by atoms with van der Waals surface area (Å²) in [7, 11) is 0. The van der Waals surface area contributed by atoms with Crippen molar-refractivity contribution in [1.82, 2.24) is 0 Å². The molecule has 3 nitrogen and oxygen atoms in total. The largest absolute Gasteiger partial charge is 0.501 e. The van der Waals surface area contributed by atoms with E-state index in [2.05, 4.69) is 0 Å². The highest BCUT2D eigenvalue weighted by molar-refractivity contribution is 6.01. The molecule has 0 N–H and O–H groups in total. The van der Waals surface area contributed by atoms with E-state index in [1.54, 1.807) is 6.26 Å². The molecule has 0 amide bonds. The molecule has 1 saturated carbocycles. The second-order valence-corrected chi connectivity index (χ2v) is 4.93. The molecule has 1 fully saturated rings. The molecule has 0 radical (unpaired) electrons. The minimum atomic E-state index is -0.542. The first-order valence-corrected chi connectivity index (χ1v) is 6.78. The van der Waals surface area contributed by atoms with Gasteiger partial charge in [0.1, 0.15) is 5.60 Å². The molecule has 0 bridgehead atoms. The Kier molecular flexibility index (Phi) is 4.21. The van der Waals surface area contributed by atoms with E-state index in [4.69, 9.17) is 9.47 Å². The molecular weight excluding hydrogens is 216 g/mol. The van der Waals surface area contributed by atoms with E-state index in [9.17, 15) is 4.79 Å². The Balaban J connectivity index is 2.14. The van der Waals surface area contributed by atoms with Crippen molar-refractivity contribution in [2.24, 2.45) is 0 Å². The smallest absolute Gasteiger partial charge is 0.193 e. The number of hydrogen-bond donors (Lipinski definition) is 0. The van der Waals surface area contributed by atoms with Crippen LogP contribution in [0.3, 0.4) is 0 Å². The van der Waals surface area contributed by atoms with Gasteiger partial charge < -0.3 is 9.47 Å². The van der Waals surface area contributed by atoms with Crippen molar-refractivity contribution in [2.75, 3.05) is 13.2 Å². The van der Waals surface area contributed by atoms with E-state index in [-0.39, 0.29) is 5.78 Å². The van der Waals surface area contributed by atoms with Gasteiger partial charge in [0.15, 0.2) is 5.78 Å². The van der Waals surface area contributed by atoms with E-state index < -0.39 is 5.60 Å². The van der Waals surface area contributed by atoms with E-state index in [1.807, 2.05) is 6.92 Å². The van der Waals surface area contributed by atoms with Gasteiger partial charge in [0.2, 0.25) is 0 Å². The number of carbonyl (C=O) groups is 1. The standard InChI is InChI=1S/C14H22O3/c1-2-17-14(8-4-3-5-9-14)13(15)12-7-6-10-16-11-12/h11H,2-10H2,1H3. The molecule has 0 aromatic carbocycles. The lowest BCUT2D eigenvalue weighted by atomic mass is 9.78. The molecule has 0 atom stereocenters. The first-order chi connectivity index (χ1) is 8.28. The third-order valence-corrected chi connectivity index (χ3v) is 3.72. The summed E-state index contributed by atoms with van der Waals surface area (Å²) >= 11 is 0. The number of ether oxygens (including phenoxy) is 2. The lowest BCUT2D eigenvalue weighted by Gasteiger charge is -2.36. The Morgan fingerprint density at radius 1 is 1.35 bits per heavy atom. The second kappa shape index (κ2) is 5.67. The Morgan fingerprint density at radius 3 is 2.71 bits per heavy atom. The minimum Gasteiger partial charge on any atom is -0.501 e. The van der Waals surface area contributed by atoms with Crippen molar-refractivity contribution >= 4 is 5.78 Å². The predicted molar refractivity (Wildman–Crippen MR) is 65.7 cm³/mol. The second-order valence-electron chi connectivity index (χ2n) is 4.93. The highest BCUT2D eigenvalue weighted by atomic mass is 16.5. The van der Waals surface area contributed by atoms with Gasteiger partial charge in [-0.05, 0) is 32.6 Å². The summed E-state index contributed by atoms with van der Waals surface area (Å²) in [5.41, 5.74) is 0.283. The van der Waals surface area contributed by atoms with E-state index in [1.165, 1.54) is 6.42 Å². The van der Waals surface area contributed by atoms with Crippen molar-refractivity contribution in [3.63, 3.8) is 0 Å². The summed E-state index contributed by atoms with van der Waals surface area (Å²) in [6.45, 7) is 3.31. The van der Waals surface area contributed by atoms with Gasteiger partial charge in [-0.3, -0.25) is 4.79 Å². The summed E-state index contributed by atoms with van der Waals surface area (Å²) in [4.78, 5) is 12.6. The number of carbonyl (C=O) groups excluding carboxylic acids is 1. The number of ketones is 1. The molecule has 0 aromatic rings. The summed E-state index contributed by atoms with van der Waals surface area (Å²) in [6, 6.07) is 0. The van der Waals surface area contributed by atoms with Crippen molar-refractivity contribution in [3.8, 4) is 0 Å². The minimum absolute atomic E-state index is 0.179. The van der Waals surface area contributed by atoms with Gasteiger partial charge in [0.25, 0.3) is 0 Å². The molecule has 0 saturated heterocycles. The maximum absolute atomic E-state index is 12.6. The van der Waals surface area contributed by atoms with Crippen molar-refractivity contribution < 1.29 is 14.3 Å². The summed E-state index contributed by atoms with van der Waals surface area (Å²) in [6.07, 6.45) is 8.60. The SMILES string of the molecule is CCOC1(C(=O)C2=COCCC2)CCCCC1. The van der Waals surface area contributed by atoms with Crippen LogP contribution in [0.1, 0.15) is 51.9 Å². The van der Waals surface area contributed by atoms with Crippen LogP contribution in [-0.4, -0.2) is 24.6 Å². The molecule has 0 spiro atoms. The van der Waals surface area contributed by atoms with Crippen LogP contribution in [0.2, 0.25) is 0 Å². The average molecular weight is 238 g/mol. The molecule has 96 valence electrons. The van der Waals surface area contributed by atoms with Crippen LogP contribution in [0.4, 0.5) is 0 Å². The van der Waals surface area contributed by atoms with Crippen LogP contribution in [0.25, 0.3) is 0 Å². The molecule has 2 aliphatic rings. The topological polar surface area (TPSA) is 35.5 Å². The lowest BCUT2D eigenvalue weighted by molar-refractivity contribution is -0.145. The highest BCUT2D eigenvalue weighted by Gasteiger charge is 2.41. The Hall–Kier alpha value is -0.830. The fourth-order valence-electron chi connectivity index (χ4n) is 2.86.